The molecule has 5 nitrogen and oxygen atoms in total. The molecule has 3 N–H and O–H groups in total. The van der Waals surface area contributed by atoms with Crippen LogP contribution in [0.5, 0.6) is 0 Å². The Labute approximate surface area is 91.5 Å². The number of rotatable bonds is 6. The normalized spacial score (nSPS) is 13.9. The van der Waals surface area contributed by atoms with E-state index in [9.17, 15) is 13.2 Å². The molecule has 1 amide bonds. The third-order valence-electron chi connectivity index (χ3n) is 2.03. The Hall–Kier alpha value is -0.620. The van der Waals surface area contributed by atoms with E-state index in [0.717, 1.165) is 6.42 Å². The minimum Gasteiger partial charge on any atom is -0.320 e. The summed E-state index contributed by atoms with van der Waals surface area (Å²) in [5, 5.41) is 0. The fraction of sp³-hybridized carbons (Fsp3) is 0.889. The van der Waals surface area contributed by atoms with Crippen LogP contribution < -0.4 is 10.5 Å². The molecule has 0 aromatic rings. The smallest absolute Gasteiger partial charge is 0.250 e. The average Bonchev–Trinajstić information content (AvgIpc) is 2.13. The summed E-state index contributed by atoms with van der Waals surface area (Å²) in [6.07, 6.45) is 1.31. The predicted octanol–water partition coefficient (Wildman–Crippen LogP) is 0.216. The van der Waals surface area contributed by atoms with E-state index < -0.39 is 22.0 Å². The lowest BCUT2D eigenvalue weighted by molar-refractivity contribution is -0.120. The Morgan fingerprint density at radius 3 is 2.27 bits per heavy atom. The lowest BCUT2D eigenvalue weighted by Crippen LogP contribution is -2.43. The molecule has 90 valence electrons. The Bertz CT molecular complexity index is 298. The summed E-state index contributed by atoms with van der Waals surface area (Å²) in [7, 11) is -3.48. The van der Waals surface area contributed by atoms with E-state index in [2.05, 4.69) is 0 Å². The summed E-state index contributed by atoms with van der Waals surface area (Å²) in [4.78, 5) is 11.3. The second-order valence-electron chi connectivity index (χ2n) is 3.95. The summed E-state index contributed by atoms with van der Waals surface area (Å²) in [5.41, 5.74) is 5.55. The van der Waals surface area contributed by atoms with Crippen molar-refractivity contribution in [3.8, 4) is 0 Å². The average molecular weight is 236 g/mol. The van der Waals surface area contributed by atoms with E-state index in [1.807, 2.05) is 18.6 Å². The van der Waals surface area contributed by atoms with Crippen LogP contribution >= 0.6 is 0 Å². The minimum atomic E-state index is -3.48. The molecule has 0 bridgehead atoms. The Morgan fingerprint density at radius 1 is 1.33 bits per heavy atom. The summed E-state index contributed by atoms with van der Waals surface area (Å²) >= 11 is 0. The zero-order chi connectivity index (χ0) is 12.1. The highest BCUT2D eigenvalue weighted by Crippen LogP contribution is 2.05. The second-order valence-corrected chi connectivity index (χ2v) is 5.96. The maximum atomic E-state index is 11.3. The zero-order valence-corrected chi connectivity index (χ0v) is 10.3. The van der Waals surface area contributed by atoms with Crippen LogP contribution in [-0.2, 0) is 14.8 Å². The van der Waals surface area contributed by atoms with Gasteiger partial charge in [0.1, 0.15) is 0 Å². The minimum absolute atomic E-state index is 0.115. The van der Waals surface area contributed by atoms with Crippen LogP contribution in [0.25, 0.3) is 0 Å². The van der Waals surface area contributed by atoms with Crippen molar-refractivity contribution in [2.24, 2.45) is 11.7 Å². The molecule has 0 aromatic heterocycles. The van der Waals surface area contributed by atoms with Gasteiger partial charge in [-0.05, 0) is 25.7 Å². The number of amides is 1. The lowest BCUT2D eigenvalue weighted by atomic mass is 10.0. The quantitative estimate of drug-likeness (QED) is 0.690. The number of carbonyl (C=O) groups excluding carboxylic acids is 1. The van der Waals surface area contributed by atoms with Crippen LogP contribution in [0.3, 0.4) is 0 Å². The Morgan fingerprint density at radius 2 is 1.87 bits per heavy atom. The number of sulfonamides is 1. The molecular formula is C9H20N2O3S. The fourth-order valence-corrected chi connectivity index (χ4v) is 1.55. The van der Waals surface area contributed by atoms with Gasteiger partial charge in [-0.2, -0.15) is 0 Å². The van der Waals surface area contributed by atoms with Gasteiger partial charge in [-0.25, -0.2) is 8.42 Å². The number of hydrogen-bond donors (Lipinski definition) is 2. The van der Waals surface area contributed by atoms with Crippen molar-refractivity contribution in [3.05, 3.63) is 0 Å². The van der Waals surface area contributed by atoms with Crippen LogP contribution in [0, 0.1) is 5.92 Å². The molecule has 0 spiro atoms. The summed E-state index contributed by atoms with van der Waals surface area (Å²) in [5.74, 6) is -0.278. The predicted molar refractivity (Wildman–Crippen MR) is 59.7 cm³/mol. The second kappa shape index (κ2) is 6.07. The largest absolute Gasteiger partial charge is 0.320 e. The highest BCUT2D eigenvalue weighted by atomic mass is 32.2. The lowest BCUT2D eigenvalue weighted by Gasteiger charge is -2.12. The number of hydrogen-bond acceptors (Lipinski definition) is 4. The fourth-order valence-electron chi connectivity index (χ4n) is 0.945. The van der Waals surface area contributed by atoms with Crippen molar-refractivity contribution < 1.29 is 13.2 Å². The number of nitrogens with one attached hydrogen (secondary N) is 1. The van der Waals surface area contributed by atoms with Gasteiger partial charge in [0.15, 0.2) is 0 Å². The number of nitrogens with two attached hydrogens (primary N) is 1. The third kappa shape index (κ3) is 6.46. The molecule has 0 unspecified atom stereocenters. The van der Waals surface area contributed by atoms with Crippen LogP contribution in [0.4, 0.5) is 0 Å². The molecule has 15 heavy (non-hydrogen) atoms. The topological polar surface area (TPSA) is 89.3 Å². The molecule has 0 saturated carbocycles. The van der Waals surface area contributed by atoms with E-state index in [1.54, 1.807) is 0 Å². The van der Waals surface area contributed by atoms with Crippen molar-refractivity contribution in [1.82, 2.24) is 4.72 Å². The van der Waals surface area contributed by atoms with E-state index in [0.29, 0.717) is 12.3 Å². The van der Waals surface area contributed by atoms with Gasteiger partial charge in [-0.15, -0.1) is 0 Å². The first kappa shape index (κ1) is 14.4. The highest BCUT2D eigenvalue weighted by Gasteiger charge is 2.18. The molecule has 0 aromatic carbocycles. The molecular weight excluding hydrogens is 216 g/mol. The summed E-state index contributed by atoms with van der Waals surface area (Å²) in [6, 6.07) is -0.742. The van der Waals surface area contributed by atoms with Crippen molar-refractivity contribution in [2.45, 2.75) is 39.7 Å². The molecule has 0 heterocycles. The first-order chi connectivity index (χ1) is 6.78. The molecule has 0 radical (unpaired) electrons. The Balaban J connectivity index is 4.11. The van der Waals surface area contributed by atoms with Gasteiger partial charge in [0.2, 0.25) is 15.9 Å². The van der Waals surface area contributed by atoms with Crippen molar-refractivity contribution in [3.63, 3.8) is 0 Å². The SMILES string of the molecule is CCS(=O)(=O)NC(=O)[C@@H](N)CCC(C)C. The zero-order valence-electron chi connectivity index (χ0n) is 9.49. The monoisotopic (exact) mass is 236 g/mol. The van der Waals surface area contributed by atoms with Crippen molar-refractivity contribution in [2.75, 3.05) is 5.75 Å². The summed E-state index contributed by atoms with van der Waals surface area (Å²) < 4.78 is 24.1. The first-order valence-corrected chi connectivity index (χ1v) is 6.73. The molecule has 0 aliphatic heterocycles. The maximum Gasteiger partial charge on any atom is 0.250 e. The molecule has 0 rings (SSSR count). The van der Waals surface area contributed by atoms with Gasteiger partial charge < -0.3 is 5.73 Å². The highest BCUT2D eigenvalue weighted by molar-refractivity contribution is 7.90. The molecule has 6 heteroatoms. The standard InChI is InChI=1S/C9H20N2O3S/c1-4-15(13,14)11-9(12)8(10)6-5-7(2)3/h7-8H,4-6,10H2,1-3H3,(H,11,12)/t8-/m0/s1. The van der Waals surface area contributed by atoms with Crippen LogP contribution in [0.1, 0.15) is 33.6 Å². The van der Waals surface area contributed by atoms with E-state index in [4.69, 9.17) is 5.73 Å². The molecule has 0 fully saturated rings. The van der Waals surface area contributed by atoms with Gasteiger partial charge in [0.25, 0.3) is 0 Å². The van der Waals surface area contributed by atoms with E-state index in [-0.39, 0.29) is 5.75 Å². The van der Waals surface area contributed by atoms with E-state index >= 15 is 0 Å². The molecule has 0 saturated heterocycles. The number of carbonyl (C=O) groups is 1. The van der Waals surface area contributed by atoms with Crippen molar-refractivity contribution >= 4 is 15.9 Å². The van der Waals surface area contributed by atoms with Crippen LogP contribution in [-0.4, -0.2) is 26.1 Å². The maximum absolute atomic E-state index is 11.3. The Kier molecular flexibility index (Phi) is 5.82. The van der Waals surface area contributed by atoms with Gasteiger partial charge >= 0.3 is 0 Å². The van der Waals surface area contributed by atoms with Gasteiger partial charge in [0, 0.05) is 0 Å². The first-order valence-electron chi connectivity index (χ1n) is 5.08. The third-order valence-corrected chi connectivity index (χ3v) is 3.30. The molecule has 0 aliphatic rings. The van der Waals surface area contributed by atoms with Crippen molar-refractivity contribution in [1.29, 1.82) is 0 Å². The van der Waals surface area contributed by atoms with E-state index in [1.165, 1.54) is 6.92 Å². The van der Waals surface area contributed by atoms with Gasteiger partial charge in [-0.3, -0.25) is 9.52 Å². The summed E-state index contributed by atoms with van der Waals surface area (Å²) in [6.45, 7) is 5.51. The van der Waals surface area contributed by atoms with Crippen LogP contribution in [0.2, 0.25) is 0 Å². The molecule has 1 atom stereocenters. The van der Waals surface area contributed by atoms with Gasteiger partial charge in [-0.1, -0.05) is 13.8 Å². The van der Waals surface area contributed by atoms with Gasteiger partial charge in [0.05, 0.1) is 11.8 Å². The van der Waals surface area contributed by atoms with Crippen LogP contribution in [0.15, 0.2) is 0 Å². The molecule has 0 aliphatic carbocycles.